The Morgan fingerprint density at radius 3 is 2.33 bits per heavy atom. The molecule has 2 amide bonds. The summed E-state index contributed by atoms with van der Waals surface area (Å²) < 4.78 is 13.2. The maximum absolute atomic E-state index is 13.2. The number of carbonyl (C=O) groups excluding carboxylic acids is 2. The summed E-state index contributed by atoms with van der Waals surface area (Å²) in [5.74, 6) is -0.246. The van der Waals surface area contributed by atoms with Gasteiger partial charge in [0, 0.05) is 38.2 Å². The lowest BCUT2D eigenvalue weighted by molar-refractivity contribution is -0.132. The topological polar surface area (TPSA) is 40.6 Å². The van der Waals surface area contributed by atoms with E-state index in [1.165, 1.54) is 12.1 Å². The van der Waals surface area contributed by atoms with Gasteiger partial charge >= 0.3 is 0 Å². The zero-order valence-electron chi connectivity index (χ0n) is 12.6. The highest BCUT2D eigenvalue weighted by atomic mass is 19.1. The van der Waals surface area contributed by atoms with Crippen LogP contribution in [0.4, 0.5) is 4.39 Å². The summed E-state index contributed by atoms with van der Waals surface area (Å²) in [5, 5.41) is 0. The van der Waals surface area contributed by atoms with Crippen LogP contribution in [0.25, 0.3) is 0 Å². The van der Waals surface area contributed by atoms with E-state index in [-0.39, 0.29) is 17.6 Å². The van der Waals surface area contributed by atoms with Crippen molar-refractivity contribution in [3.63, 3.8) is 0 Å². The van der Waals surface area contributed by atoms with E-state index >= 15 is 0 Å². The van der Waals surface area contributed by atoms with E-state index in [9.17, 15) is 14.0 Å². The van der Waals surface area contributed by atoms with Crippen molar-refractivity contribution in [3.05, 3.63) is 35.1 Å². The van der Waals surface area contributed by atoms with Gasteiger partial charge in [0.15, 0.2) is 0 Å². The highest BCUT2D eigenvalue weighted by Gasteiger charge is 2.24. The molecule has 21 heavy (non-hydrogen) atoms. The summed E-state index contributed by atoms with van der Waals surface area (Å²) >= 11 is 0. The number of benzene rings is 1. The maximum Gasteiger partial charge on any atom is 0.253 e. The Hall–Kier alpha value is -1.91. The van der Waals surface area contributed by atoms with Crippen molar-refractivity contribution in [2.75, 3.05) is 26.2 Å². The van der Waals surface area contributed by atoms with Gasteiger partial charge in [0.05, 0.1) is 0 Å². The van der Waals surface area contributed by atoms with Gasteiger partial charge in [-0.3, -0.25) is 9.59 Å². The van der Waals surface area contributed by atoms with Crippen LogP contribution in [-0.2, 0) is 4.79 Å². The van der Waals surface area contributed by atoms with Crippen molar-refractivity contribution in [1.82, 2.24) is 9.80 Å². The van der Waals surface area contributed by atoms with Gasteiger partial charge in [-0.2, -0.15) is 0 Å². The molecule has 0 radical (unpaired) electrons. The molecule has 0 spiro atoms. The van der Waals surface area contributed by atoms with Crippen molar-refractivity contribution >= 4 is 11.8 Å². The maximum atomic E-state index is 13.2. The van der Waals surface area contributed by atoms with Gasteiger partial charge in [-0.15, -0.1) is 0 Å². The molecule has 0 N–H and O–H groups in total. The second kappa shape index (κ2) is 6.70. The first-order valence-corrected chi connectivity index (χ1v) is 7.36. The lowest BCUT2D eigenvalue weighted by atomic mass is 10.1. The highest BCUT2D eigenvalue weighted by molar-refractivity contribution is 5.94. The molecule has 1 aliphatic rings. The van der Waals surface area contributed by atoms with Crippen molar-refractivity contribution in [1.29, 1.82) is 0 Å². The number of rotatable bonds is 3. The van der Waals surface area contributed by atoms with E-state index in [0.717, 1.165) is 6.42 Å². The lowest BCUT2D eigenvalue weighted by Gasteiger charge is -2.35. The molecule has 0 aromatic heterocycles. The number of hydrogen-bond donors (Lipinski definition) is 0. The minimum Gasteiger partial charge on any atom is -0.339 e. The average molecular weight is 292 g/mol. The van der Waals surface area contributed by atoms with Gasteiger partial charge in [0.25, 0.3) is 5.91 Å². The molecule has 1 aromatic carbocycles. The van der Waals surface area contributed by atoms with Gasteiger partial charge < -0.3 is 9.80 Å². The molecule has 1 aromatic rings. The van der Waals surface area contributed by atoms with Gasteiger partial charge in [-0.25, -0.2) is 4.39 Å². The summed E-state index contributed by atoms with van der Waals surface area (Å²) in [6, 6.07) is 4.41. The summed E-state index contributed by atoms with van der Waals surface area (Å²) in [5.41, 5.74) is 0.972. The minimum absolute atomic E-state index is 0.0966. The fourth-order valence-electron chi connectivity index (χ4n) is 2.49. The predicted octanol–water partition coefficient (Wildman–Crippen LogP) is 2.22. The number of hydrogen-bond acceptors (Lipinski definition) is 2. The van der Waals surface area contributed by atoms with E-state index in [2.05, 4.69) is 0 Å². The molecule has 1 aliphatic heterocycles. The van der Waals surface area contributed by atoms with Gasteiger partial charge in [-0.1, -0.05) is 6.92 Å². The Labute approximate surface area is 124 Å². The molecule has 2 rings (SSSR count). The number of nitrogens with zero attached hydrogens (tertiary/aromatic N) is 2. The Morgan fingerprint density at radius 2 is 1.76 bits per heavy atom. The fourth-order valence-corrected chi connectivity index (χ4v) is 2.49. The van der Waals surface area contributed by atoms with Crippen molar-refractivity contribution in [2.45, 2.75) is 26.7 Å². The van der Waals surface area contributed by atoms with Crippen LogP contribution in [-0.4, -0.2) is 47.8 Å². The van der Waals surface area contributed by atoms with E-state index in [1.54, 1.807) is 17.9 Å². The minimum atomic E-state index is -0.304. The number of aryl methyl sites for hydroxylation is 1. The predicted molar refractivity (Wildman–Crippen MR) is 78.5 cm³/mol. The summed E-state index contributed by atoms with van der Waals surface area (Å²) in [7, 11) is 0. The summed E-state index contributed by atoms with van der Waals surface area (Å²) in [4.78, 5) is 27.7. The van der Waals surface area contributed by atoms with Crippen LogP contribution in [0.1, 0.15) is 35.7 Å². The third-order valence-electron chi connectivity index (χ3n) is 3.79. The quantitative estimate of drug-likeness (QED) is 0.857. The van der Waals surface area contributed by atoms with Crippen molar-refractivity contribution in [3.8, 4) is 0 Å². The monoisotopic (exact) mass is 292 g/mol. The molecular weight excluding hydrogens is 271 g/mol. The molecule has 0 aliphatic carbocycles. The Bertz CT molecular complexity index is 537. The molecule has 1 saturated heterocycles. The number of carbonyl (C=O) groups is 2. The van der Waals surface area contributed by atoms with Gasteiger partial charge in [-0.05, 0) is 37.1 Å². The van der Waals surface area contributed by atoms with Crippen LogP contribution in [0, 0.1) is 12.7 Å². The number of amides is 2. The van der Waals surface area contributed by atoms with Gasteiger partial charge in [0.1, 0.15) is 5.82 Å². The average Bonchev–Trinajstić information content (AvgIpc) is 2.50. The molecule has 5 heteroatoms. The largest absolute Gasteiger partial charge is 0.339 e. The van der Waals surface area contributed by atoms with Crippen LogP contribution in [0.2, 0.25) is 0 Å². The summed E-state index contributed by atoms with van der Waals surface area (Å²) in [6.07, 6.45) is 1.40. The van der Waals surface area contributed by atoms with Crippen LogP contribution < -0.4 is 0 Å². The van der Waals surface area contributed by atoms with E-state index in [0.29, 0.717) is 43.7 Å². The van der Waals surface area contributed by atoms with Crippen LogP contribution in [0.15, 0.2) is 18.2 Å². The molecule has 4 nitrogen and oxygen atoms in total. The Morgan fingerprint density at radius 1 is 1.14 bits per heavy atom. The first-order chi connectivity index (χ1) is 10.0. The molecule has 0 atom stereocenters. The number of piperazine rings is 1. The first-order valence-electron chi connectivity index (χ1n) is 7.36. The smallest absolute Gasteiger partial charge is 0.253 e. The van der Waals surface area contributed by atoms with Gasteiger partial charge in [0.2, 0.25) is 5.91 Å². The molecule has 0 saturated carbocycles. The van der Waals surface area contributed by atoms with E-state index in [1.807, 2.05) is 11.8 Å². The molecule has 114 valence electrons. The lowest BCUT2D eigenvalue weighted by Crippen LogP contribution is -2.50. The highest BCUT2D eigenvalue weighted by Crippen LogP contribution is 2.13. The Kier molecular flexibility index (Phi) is 4.94. The Balaban J connectivity index is 1.97. The van der Waals surface area contributed by atoms with Crippen LogP contribution in [0.5, 0.6) is 0 Å². The van der Waals surface area contributed by atoms with Crippen LogP contribution >= 0.6 is 0 Å². The zero-order valence-corrected chi connectivity index (χ0v) is 12.6. The second-order valence-electron chi connectivity index (χ2n) is 5.39. The molecule has 1 heterocycles. The third-order valence-corrected chi connectivity index (χ3v) is 3.79. The first kappa shape index (κ1) is 15.5. The fraction of sp³-hybridized carbons (Fsp3) is 0.500. The number of halogens is 1. The second-order valence-corrected chi connectivity index (χ2v) is 5.39. The molecule has 0 bridgehead atoms. The van der Waals surface area contributed by atoms with E-state index < -0.39 is 0 Å². The molecular formula is C16H21FN2O2. The normalized spacial score (nSPS) is 15.2. The SMILES string of the molecule is CCCC(=O)N1CCN(C(=O)c2ccc(F)c(C)c2)CC1. The zero-order chi connectivity index (χ0) is 15.4. The molecule has 1 fully saturated rings. The van der Waals surface area contributed by atoms with Crippen molar-refractivity contribution in [2.24, 2.45) is 0 Å². The third kappa shape index (κ3) is 3.60. The summed E-state index contributed by atoms with van der Waals surface area (Å²) in [6.45, 7) is 5.84. The van der Waals surface area contributed by atoms with Crippen LogP contribution in [0.3, 0.4) is 0 Å². The molecule has 0 unspecified atom stereocenters. The van der Waals surface area contributed by atoms with E-state index in [4.69, 9.17) is 0 Å². The standard InChI is InChI=1S/C16H21FN2O2/c1-3-4-15(20)18-7-9-19(10-8-18)16(21)13-5-6-14(17)12(2)11-13/h5-6,11H,3-4,7-10H2,1-2H3. The van der Waals surface area contributed by atoms with Crippen molar-refractivity contribution < 1.29 is 14.0 Å².